The Morgan fingerprint density at radius 1 is 1.14 bits per heavy atom. The lowest BCUT2D eigenvalue weighted by atomic mass is 9.99. The summed E-state index contributed by atoms with van der Waals surface area (Å²) in [5.74, 6) is -0.109. The van der Waals surface area contributed by atoms with Gasteiger partial charge < -0.3 is 14.5 Å². The van der Waals surface area contributed by atoms with Gasteiger partial charge >= 0.3 is 12.2 Å². The molecule has 2 N–H and O–H groups in total. The van der Waals surface area contributed by atoms with Crippen molar-refractivity contribution in [2.24, 2.45) is 0 Å². The van der Waals surface area contributed by atoms with E-state index in [1.165, 1.54) is 10.6 Å². The van der Waals surface area contributed by atoms with Gasteiger partial charge in [-0.1, -0.05) is 23.8 Å². The van der Waals surface area contributed by atoms with Gasteiger partial charge in [0.25, 0.3) is 0 Å². The highest BCUT2D eigenvalue weighted by Crippen LogP contribution is 2.34. The number of aryl methyl sites for hydroxylation is 1. The highest BCUT2D eigenvalue weighted by atomic mass is 16.6. The number of nitrogens with one attached hydrogen (secondary N) is 2. The molecule has 1 aromatic carbocycles. The van der Waals surface area contributed by atoms with Gasteiger partial charge in [0, 0.05) is 17.1 Å². The normalized spacial score (nSPS) is 18.4. The minimum Gasteiger partial charge on any atom is -0.446 e. The van der Waals surface area contributed by atoms with Gasteiger partial charge in [-0.3, -0.25) is 0 Å². The molecule has 0 fully saturated rings. The van der Waals surface area contributed by atoms with Crippen molar-refractivity contribution in [2.75, 3.05) is 0 Å². The van der Waals surface area contributed by atoms with Crippen molar-refractivity contribution < 1.29 is 19.1 Å². The quantitative estimate of drug-likeness (QED) is 0.572. The van der Waals surface area contributed by atoms with Crippen molar-refractivity contribution in [3.05, 3.63) is 47.7 Å². The second-order valence-electron chi connectivity index (χ2n) is 7.94. The lowest BCUT2D eigenvalue weighted by molar-refractivity contribution is 0.0304. The maximum atomic E-state index is 12.8. The van der Waals surface area contributed by atoms with Crippen molar-refractivity contribution in [3.8, 4) is 0 Å². The molecule has 3 rings (SSSR count). The summed E-state index contributed by atoms with van der Waals surface area (Å²) in [4.78, 5) is 28.4. The number of fused-ring (bicyclic) bond motifs is 1. The minimum atomic E-state index is -0.682. The average molecular weight is 399 g/mol. The summed E-state index contributed by atoms with van der Waals surface area (Å²) in [6, 6.07) is 7.99. The van der Waals surface area contributed by atoms with Crippen LogP contribution in [0.15, 0.2) is 36.4 Å². The third kappa shape index (κ3) is 4.91. The molecule has 2 amide bonds. The van der Waals surface area contributed by atoms with E-state index < -0.39 is 12.2 Å². The summed E-state index contributed by atoms with van der Waals surface area (Å²) >= 11 is 0. The molecule has 0 saturated heterocycles. The molecule has 0 aliphatic heterocycles. The Hall–Kier alpha value is -2.96. The molecule has 1 heterocycles. The maximum Gasteiger partial charge on any atom is 0.429 e. The Balaban J connectivity index is 1.88. The van der Waals surface area contributed by atoms with E-state index in [1.807, 2.05) is 18.2 Å². The summed E-state index contributed by atoms with van der Waals surface area (Å²) < 4.78 is 10.5. The highest BCUT2D eigenvalue weighted by Gasteiger charge is 2.36. The summed E-state index contributed by atoms with van der Waals surface area (Å²) in [6.45, 7) is 9.10. The van der Waals surface area contributed by atoms with Crippen LogP contribution in [-0.2, 0) is 9.47 Å². The summed E-state index contributed by atoms with van der Waals surface area (Å²) in [5.41, 5.74) is 5.78. The summed E-state index contributed by atoms with van der Waals surface area (Å²) in [6.07, 6.45) is 2.76. The van der Waals surface area contributed by atoms with Crippen LogP contribution in [0.2, 0.25) is 0 Å². The van der Waals surface area contributed by atoms with Crippen molar-refractivity contribution in [1.82, 2.24) is 15.4 Å². The van der Waals surface area contributed by atoms with Crippen molar-refractivity contribution >= 4 is 23.1 Å². The van der Waals surface area contributed by atoms with Crippen LogP contribution in [0, 0.1) is 6.92 Å². The predicted octanol–water partition coefficient (Wildman–Crippen LogP) is 4.79. The predicted molar refractivity (Wildman–Crippen MR) is 112 cm³/mol. The molecule has 0 unspecified atom stereocenters. The Kier molecular flexibility index (Phi) is 6.15. The average Bonchev–Trinajstić information content (AvgIpc) is 3.24. The molecule has 1 aliphatic rings. The highest BCUT2D eigenvalue weighted by molar-refractivity contribution is 5.81. The smallest absolute Gasteiger partial charge is 0.429 e. The van der Waals surface area contributed by atoms with Gasteiger partial charge in [0.05, 0.1) is 18.2 Å². The third-order valence-corrected chi connectivity index (χ3v) is 4.71. The van der Waals surface area contributed by atoms with E-state index in [0.29, 0.717) is 6.42 Å². The lowest BCUT2D eigenvalue weighted by Gasteiger charge is -2.32. The topological polar surface area (TPSA) is 83.7 Å². The molecule has 0 spiro atoms. The van der Waals surface area contributed by atoms with Gasteiger partial charge in [0.1, 0.15) is 0 Å². The molecule has 0 bridgehead atoms. The number of aromatic nitrogens is 1. The molecule has 0 radical (unpaired) electrons. The molecular weight excluding hydrogens is 370 g/mol. The molecule has 1 aliphatic carbocycles. The molecule has 29 heavy (non-hydrogen) atoms. The van der Waals surface area contributed by atoms with Crippen LogP contribution in [-0.4, -0.2) is 40.4 Å². The SMILES string of the molecule is Cc1ccc2[nH]c([C@H]3C=CC[C@@H]3N(NC(=O)OC(C)C)C(=O)OC(C)C)cc2c1. The molecule has 0 saturated carbocycles. The van der Waals surface area contributed by atoms with E-state index in [0.717, 1.165) is 16.6 Å². The Morgan fingerprint density at radius 3 is 2.55 bits per heavy atom. The van der Waals surface area contributed by atoms with Gasteiger partial charge in [-0.05, 0) is 64.6 Å². The van der Waals surface area contributed by atoms with Crippen LogP contribution in [0.1, 0.15) is 51.3 Å². The molecule has 2 aromatic rings. The van der Waals surface area contributed by atoms with Crippen LogP contribution in [0.3, 0.4) is 0 Å². The van der Waals surface area contributed by atoms with Crippen LogP contribution < -0.4 is 5.43 Å². The van der Waals surface area contributed by atoms with Crippen molar-refractivity contribution in [1.29, 1.82) is 0 Å². The van der Waals surface area contributed by atoms with E-state index in [1.54, 1.807) is 27.7 Å². The second-order valence-corrected chi connectivity index (χ2v) is 7.94. The molecule has 7 nitrogen and oxygen atoms in total. The Labute approximate surface area is 171 Å². The minimum absolute atomic E-state index is 0.109. The fourth-order valence-corrected chi connectivity index (χ4v) is 3.53. The standard InChI is InChI=1S/C22H29N3O4/c1-13(2)28-21(26)24-25(22(27)29-14(3)4)20-8-6-7-17(20)19-12-16-11-15(5)9-10-18(16)23-19/h6-7,9-14,17,20,23H,8H2,1-5H3,(H,24,26)/t17-,20+/m1/s1. The zero-order chi connectivity index (χ0) is 21.1. The molecule has 1 aromatic heterocycles. The Bertz CT molecular complexity index is 916. The van der Waals surface area contributed by atoms with Crippen LogP contribution >= 0.6 is 0 Å². The maximum absolute atomic E-state index is 12.8. The fraction of sp³-hybridized carbons (Fsp3) is 0.455. The number of nitrogens with zero attached hydrogens (tertiary/aromatic N) is 1. The molecule has 2 atom stereocenters. The zero-order valence-corrected chi connectivity index (χ0v) is 17.6. The van der Waals surface area contributed by atoms with Gasteiger partial charge in [0.15, 0.2) is 0 Å². The van der Waals surface area contributed by atoms with Crippen LogP contribution in [0.4, 0.5) is 9.59 Å². The molecule has 7 heteroatoms. The number of carbonyl (C=O) groups is 2. The Morgan fingerprint density at radius 2 is 1.86 bits per heavy atom. The fourth-order valence-electron chi connectivity index (χ4n) is 3.53. The number of aromatic amines is 1. The first kappa shape index (κ1) is 20.8. The number of benzene rings is 1. The number of ether oxygens (including phenoxy) is 2. The van der Waals surface area contributed by atoms with Gasteiger partial charge in [0.2, 0.25) is 0 Å². The number of hydrazine groups is 1. The van der Waals surface area contributed by atoms with Gasteiger partial charge in [-0.2, -0.15) is 0 Å². The van der Waals surface area contributed by atoms with E-state index in [9.17, 15) is 9.59 Å². The third-order valence-electron chi connectivity index (χ3n) is 4.71. The zero-order valence-electron chi connectivity index (χ0n) is 17.6. The first-order valence-corrected chi connectivity index (χ1v) is 9.97. The van der Waals surface area contributed by atoms with E-state index in [-0.39, 0.29) is 24.2 Å². The van der Waals surface area contributed by atoms with Crippen molar-refractivity contribution in [3.63, 3.8) is 0 Å². The van der Waals surface area contributed by atoms with Crippen molar-refractivity contribution in [2.45, 2.75) is 65.2 Å². The second kappa shape index (κ2) is 8.59. The number of hydrogen-bond acceptors (Lipinski definition) is 4. The van der Waals surface area contributed by atoms with Gasteiger partial charge in [-0.25, -0.2) is 20.0 Å². The summed E-state index contributed by atoms with van der Waals surface area (Å²) in [5, 5.41) is 2.37. The van der Waals surface area contributed by atoms with E-state index >= 15 is 0 Å². The number of carbonyl (C=O) groups excluding carboxylic acids is 2. The van der Waals surface area contributed by atoms with E-state index in [4.69, 9.17) is 9.47 Å². The summed E-state index contributed by atoms with van der Waals surface area (Å²) in [7, 11) is 0. The van der Waals surface area contributed by atoms with E-state index in [2.05, 4.69) is 35.5 Å². The number of hydrogen-bond donors (Lipinski definition) is 2. The number of H-pyrrole nitrogens is 1. The van der Waals surface area contributed by atoms with Crippen LogP contribution in [0.25, 0.3) is 10.9 Å². The first-order chi connectivity index (χ1) is 13.7. The first-order valence-electron chi connectivity index (χ1n) is 9.97. The number of rotatable bonds is 4. The largest absolute Gasteiger partial charge is 0.446 e. The number of amides is 2. The van der Waals surface area contributed by atoms with Gasteiger partial charge in [-0.15, -0.1) is 0 Å². The molecule has 156 valence electrons. The molecular formula is C22H29N3O4. The lowest BCUT2D eigenvalue weighted by Crippen LogP contribution is -2.54. The monoisotopic (exact) mass is 399 g/mol. The van der Waals surface area contributed by atoms with Crippen LogP contribution in [0.5, 0.6) is 0 Å².